The summed E-state index contributed by atoms with van der Waals surface area (Å²) in [6.07, 6.45) is 0. The monoisotopic (exact) mass is 548 g/mol. The molecule has 0 aliphatic heterocycles. The van der Waals surface area contributed by atoms with Gasteiger partial charge in [-0.2, -0.15) is 4.31 Å². The first-order valence-corrected chi connectivity index (χ1v) is 14.4. The Morgan fingerprint density at radius 2 is 1.26 bits per heavy atom. The summed E-state index contributed by atoms with van der Waals surface area (Å²) in [6, 6.07) is 24.6. The minimum absolute atomic E-state index is 0.115. The Bertz CT molecular complexity index is 1490. The quantitative estimate of drug-likeness (QED) is 0.213. The van der Waals surface area contributed by atoms with E-state index in [1.807, 2.05) is 54.6 Å². The second-order valence-electron chi connectivity index (χ2n) is 9.15. The van der Waals surface area contributed by atoms with E-state index in [1.165, 1.54) is 4.31 Å². The summed E-state index contributed by atoms with van der Waals surface area (Å²) in [5.74, 6) is 1.40. The molecule has 4 aromatic rings. The van der Waals surface area contributed by atoms with E-state index in [-0.39, 0.29) is 18.0 Å². The predicted octanol–water partition coefficient (Wildman–Crippen LogP) is 6.10. The minimum Gasteiger partial charge on any atom is -0.493 e. The fourth-order valence-electron chi connectivity index (χ4n) is 4.74. The fourth-order valence-corrected chi connectivity index (χ4v) is 6.19. The summed E-state index contributed by atoms with van der Waals surface area (Å²) in [5, 5.41) is 1.86. The van der Waals surface area contributed by atoms with Gasteiger partial charge in [-0.3, -0.25) is 0 Å². The van der Waals surface area contributed by atoms with E-state index in [4.69, 9.17) is 14.2 Å². The van der Waals surface area contributed by atoms with Crippen molar-refractivity contribution in [1.82, 2.24) is 4.31 Å². The summed E-state index contributed by atoms with van der Waals surface area (Å²) >= 11 is 0. The largest absolute Gasteiger partial charge is 0.493 e. The molecule has 206 valence electrons. The maximum absolute atomic E-state index is 14.1. The summed E-state index contributed by atoms with van der Waals surface area (Å²) < 4.78 is 46.2. The van der Waals surface area contributed by atoms with E-state index in [0.717, 1.165) is 35.1 Å². The molecule has 0 amide bonds. The maximum atomic E-state index is 14.1. The molecule has 0 bridgehead atoms. The molecule has 0 N–H and O–H groups in total. The lowest BCUT2D eigenvalue weighted by molar-refractivity contribution is 0.322. The third-order valence-electron chi connectivity index (χ3n) is 6.87. The number of anilines is 1. The third kappa shape index (κ3) is 6.13. The molecule has 8 heteroatoms. The van der Waals surface area contributed by atoms with Crippen molar-refractivity contribution in [3.8, 4) is 17.2 Å². The third-order valence-corrected chi connectivity index (χ3v) is 8.65. The number of benzene rings is 4. The molecule has 4 rings (SSSR count). The average molecular weight is 549 g/mol. The Kier molecular flexibility index (Phi) is 8.99. The van der Waals surface area contributed by atoms with Crippen molar-refractivity contribution < 1.29 is 22.6 Å². The van der Waals surface area contributed by atoms with Crippen LogP contribution in [0.1, 0.15) is 25.0 Å². The van der Waals surface area contributed by atoms with Gasteiger partial charge in [-0.1, -0.05) is 42.5 Å². The lowest BCUT2D eigenvalue weighted by atomic mass is 10.1. The van der Waals surface area contributed by atoms with E-state index in [0.29, 0.717) is 22.8 Å². The summed E-state index contributed by atoms with van der Waals surface area (Å²) in [5.41, 5.74) is 2.72. The first-order valence-electron chi connectivity index (χ1n) is 13.0. The van der Waals surface area contributed by atoms with Gasteiger partial charge in [0, 0.05) is 31.9 Å². The van der Waals surface area contributed by atoms with E-state index >= 15 is 0 Å². The topological polar surface area (TPSA) is 68.3 Å². The number of ether oxygens (including phenoxy) is 3. The molecule has 0 aromatic heterocycles. The van der Waals surface area contributed by atoms with Gasteiger partial charge in [0.05, 0.1) is 26.2 Å². The fraction of sp³-hybridized carbons (Fsp3) is 0.290. The number of hydrogen-bond acceptors (Lipinski definition) is 6. The zero-order chi connectivity index (χ0) is 28.0. The standard InChI is InChI=1S/C31H36N2O5S/c1-6-32(7-2)27-15-12-23(13-16-27)21-33(22-24-18-29(36-3)31(38-5)30(19-24)37-4)39(34,35)28-17-14-25-10-8-9-11-26(25)20-28/h8-20H,6-7,21-22H2,1-5H3. The van der Waals surface area contributed by atoms with Gasteiger partial charge in [0.15, 0.2) is 11.5 Å². The van der Waals surface area contributed by atoms with Crippen molar-refractivity contribution in [2.75, 3.05) is 39.3 Å². The molecule has 7 nitrogen and oxygen atoms in total. The molecule has 0 aliphatic carbocycles. The van der Waals surface area contributed by atoms with Crippen LogP contribution in [0.5, 0.6) is 17.2 Å². The lowest BCUT2D eigenvalue weighted by Crippen LogP contribution is -2.30. The molecule has 0 aliphatic rings. The summed E-state index contributed by atoms with van der Waals surface area (Å²) in [4.78, 5) is 2.50. The van der Waals surface area contributed by atoms with Crippen LogP contribution in [0.2, 0.25) is 0 Å². The van der Waals surface area contributed by atoms with E-state index in [9.17, 15) is 8.42 Å². The second-order valence-corrected chi connectivity index (χ2v) is 11.1. The first-order chi connectivity index (χ1) is 18.8. The highest BCUT2D eigenvalue weighted by Gasteiger charge is 2.27. The number of rotatable bonds is 12. The van der Waals surface area contributed by atoms with Crippen LogP contribution < -0.4 is 19.1 Å². The maximum Gasteiger partial charge on any atom is 0.243 e. The number of nitrogens with zero attached hydrogens (tertiary/aromatic N) is 2. The molecule has 0 unspecified atom stereocenters. The van der Waals surface area contributed by atoms with Crippen LogP contribution in [0, 0.1) is 0 Å². The molecule has 0 fully saturated rings. The molecule has 4 aromatic carbocycles. The second kappa shape index (κ2) is 12.4. The molecule has 0 saturated carbocycles. The van der Waals surface area contributed by atoms with Crippen molar-refractivity contribution in [1.29, 1.82) is 0 Å². The van der Waals surface area contributed by atoms with Crippen molar-refractivity contribution in [2.45, 2.75) is 31.8 Å². The molecule has 0 atom stereocenters. The van der Waals surface area contributed by atoms with Crippen LogP contribution >= 0.6 is 0 Å². The number of methoxy groups -OCH3 is 3. The Balaban J connectivity index is 1.75. The van der Waals surface area contributed by atoms with Gasteiger partial charge in [0.2, 0.25) is 15.8 Å². The van der Waals surface area contributed by atoms with Crippen LogP contribution in [-0.2, 0) is 23.1 Å². The molecular formula is C31H36N2O5S. The predicted molar refractivity (Wildman–Crippen MR) is 156 cm³/mol. The highest BCUT2D eigenvalue weighted by Crippen LogP contribution is 2.39. The van der Waals surface area contributed by atoms with Crippen LogP contribution in [0.15, 0.2) is 83.8 Å². The highest BCUT2D eigenvalue weighted by molar-refractivity contribution is 7.89. The zero-order valence-corrected chi connectivity index (χ0v) is 24.0. The van der Waals surface area contributed by atoms with Crippen LogP contribution in [0.25, 0.3) is 10.8 Å². The number of sulfonamides is 1. The Morgan fingerprint density at radius 1 is 0.667 bits per heavy atom. The molecule has 0 saturated heterocycles. The van der Waals surface area contributed by atoms with Crippen molar-refractivity contribution in [3.63, 3.8) is 0 Å². The number of fused-ring (bicyclic) bond motifs is 1. The van der Waals surface area contributed by atoms with Gasteiger partial charge in [0.25, 0.3) is 0 Å². The Hall–Kier alpha value is -3.75. The molecule has 0 heterocycles. The Labute approximate surface area is 231 Å². The van der Waals surface area contributed by atoms with Gasteiger partial charge in [-0.25, -0.2) is 8.42 Å². The zero-order valence-electron chi connectivity index (χ0n) is 23.2. The van der Waals surface area contributed by atoms with Gasteiger partial charge >= 0.3 is 0 Å². The van der Waals surface area contributed by atoms with Gasteiger partial charge in [-0.15, -0.1) is 0 Å². The van der Waals surface area contributed by atoms with E-state index in [2.05, 4.69) is 18.7 Å². The van der Waals surface area contributed by atoms with Gasteiger partial charge in [0.1, 0.15) is 0 Å². The van der Waals surface area contributed by atoms with Crippen LogP contribution in [-0.4, -0.2) is 47.1 Å². The van der Waals surface area contributed by atoms with E-state index in [1.54, 1.807) is 45.6 Å². The smallest absolute Gasteiger partial charge is 0.243 e. The molecule has 39 heavy (non-hydrogen) atoms. The van der Waals surface area contributed by atoms with Crippen LogP contribution in [0.4, 0.5) is 5.69 Å². The minimum atomic E-state index is -3.87. The van der Waals surface area contributed by atoms with Gasteiger partial charge in [-0.05, 0) is 72.1 Å². The Morgan fingerprint density at radius 3 is 1.82 bits per heavy atom. The van der Waals surface area contributed by atoms with Crippen molar-refractivity contribution in [3.05, 3.63) is 90.0 Å². The first kappa shape index (κ1) is 28.3. The van der Waals surface area contributed by atoms with Crippen molar-refractivity contribution >= 4 is 26.5 Å². The van der Waals surface area contributed by atoms with E-state index < -0.39 is 10.0 Å². The normalized spacial score (nSPS) is 11.5. The molecular weight excluding hydrogens is 512 g/mol. The SMILES string of the molecule is CCN(CC)c1ccc(CN(Cc2cc(OC)c(OC)c(OC)c2)S(=O)(=O)c2ccc3ccccc3c2)cc1. The highest BCUT2D eigenvalue weighted by atomic mass is 32.2. The van der Waals surface area contributed by atoms with Crippen LogP contribution in [0.3, 0.4) is 0 Å². The number of hydrogen-bond donors (Lipinski definition) is 0. The summed E-state index contributed by atoms with van der Waals surface area (Å²) in [6.45, 7) is 6.35. The van der Waals surface area contributed by atoms with Crippen molar-refractivity contribution in [2.24, 2.45) is 0 Å². The molecule has 0 spiro atoms. The van der Waals surface area contributed by atoms with Gasteiger partial charge < -0.3 is 19.1 Å². The molecule has 0 radical (unpaired) electrons. The lowest BCUT2D eigenvalue weighted by Gasteiger charge is -2.25. The average Bonchev–Trinajstić information content (AvgIpc) is 2.97. The summed E-state index contributed by atoms with van der Waals surface area (Å²) in [7, 11) is 0.758.